The summed E-state index contributed by atoms with van der Waals surface area (Å²) in [6, 6.07) is 36.5. The van der Waals surface area contributed by atoms with E-state index >= 15 is 0 Å². The van der Waals surface area contributed by atoms with Gasteiger partial charge in [-0.2, -0.15) is 5.10 Å². The highest BCUT2D eigenvalue weighted by Gasteiger charge is 2.15. The number of nitrogens with one attached hydrogen (secondary N) is 1. The molecule has 200 valence electrons. The molecule has 0 unspecified atom stereocenters. The van der Waals surface area contributed by atoms with E-state index in [0.717, 1.165) is 27.3 Å². The molecule has 5 nitrogen and oxygen atoms in total. The molecule has 6 rings (SSSR count). The first-order valence-corrected chi connectivity index (χ1v) is 13.7. The topological polar surface area (TPSA) is 63.6 Å². The number of para-hydroxylation sites is 1. The van der Waals surface area contributed by atoms with Crippen LogP contribution in [0.15, 0.2) is 120 Å². The zero-order valence-corrected chi connectivity index (χ0v) is 23.2. The quantitative estimate of drug-likeness (QED) is 0.153. The third kappa shape index (κ3) is 5.78. The van der Waals surface area contributed by atoms with Crippen molar-refractivity contribution in [2.45, 2.75) is 6.61 Å². The number of ether oxygens (including phenoxy) is 1. The largest absolute Gasteiger partial charge is 0.487 e. The van der Waals surface area contributed by atoms with Gasteiger partial charge in [0.2, 0.25) is 0 Å². The molecular formula is C34H23Cl2N3O2. The molecule has 1 N–H and O–H groups in total. The molecule has 1 aromatic heterocycles. The highest BCUT2D eigenvalue weighted by atomic mass is 35.5. The van der Waals surface area contributed by atoms with Crippen LogP contribution in [0.4, 0.5) is 0 Å². The fourth-order valence-electron chi connectivity index (χ4n) is 4.74. The van der Waals surface area contributed by atoms with Gasteiger partial charge in [0, 0.05) is 21.5 Å². The van der Waals surface area contributed by atoms with Gasteiger partial charge in [-0.1, -0.05) is 114 Å². The molecule has 0 fully saturated rings. The molecule has 7 heteroatoms. The summed E-state index contributed by atoms with van der Waals surface area (Å²) in [5.74, 6) is 0.0473. The third-order valence-corrected chi connectivity index (χ3v) is 7.19. The summed E-state index contributed by atoms with van der Waals surface area (Å²) >= 11 is 12.8. The lowest BCUT2D eigenvalue weighted by atomic mass is 10.0. The second-order valence-corrected chi connectivity index (χ2v) is 10.2. The van der Waals surface area contributed by atoms with Crippen LogP contribution in [-0.4, -0.2) is 17.1 Å². The molecule has 0 bridgehead atoms. The van der Waals surface area contributed by atoms with E-state index < -0.39 is 0 Å². The SMILES string of the molecule is O=C(N/N=C\c1cc(Cl)cc(Cl)c1OCc1cccc2ccccc12)c1cc(-c2ccccc2)nc2ccccc12. The van der Waals surface area contributed by atoms with E-state index in [2.05, 4.69) is 28.7 Å². The Balaban J connectivity index is 1.27. The summed E-state index contributed by atoms with van der Waals surface area (Å²) in [4.78, 5) is 18.1. The molecule has 0 aliphatic carbocycles. The number of benzene rings is 5. The van der Waals surface area contributed by atoms with Crippen molar-refractivity contribution in [2.24, 2.45) is 5.10 Å². The van der Waals surface area contributed by atoms with Gasteiger partial charge in [-0.05, 0) is 40.6 Å². The summed E-state index contributed by atoms with van der Waals surface area (Å²) in [6.07, 6.45) is 1.48. The average Bonchev–Trinajstić information content (AvgIpc) is 3.00. The monoisotopic (exact) mass is 575 g/mol. The van der Waals surface area contributed by atoms with Gasteiger partial charge in [0.25, 0.3) is 5.91 Å². The predicted octanol–water partition coefficient (Wildman–Crippen LogP) is 8.70. The van der Waals surface area contributed by atoms with E-state index in [9.17, 15) is 4.79 Å². The number of amides is 1. The van der Waals surface area contributed by atoms with Crippen molar-refractivity contribution in [3.63, 3.8) is 0 Å². The highest BCUT2D eigenvalue weighted by molar-refractivity contribution is 6.36. The van der Waals surface area contributed by atoms with Gasteiger partial charge >= 0.3 is 0 Å². The minimum absolute atomic E-state index is 0.293. The first-order chi connectivity index (χ1) is 20.1. The van der Waals surface area contributed by atoms with E-state index in [4.69, 9.17) is 32.9 Å². The van der Waals surface area contributed by atoms with Crippen molar-refractivity contribution in [2.75, 3.05) is 0 Å². The number of carbonyl (C=O) groups is 1. The fourth-order valence-corrected chi connectivity index (χ4v) is 5.30. The molecule has 41 heavy (non-hydrogen) atoms. The number of rotatable bonds is 7. The third-order valence-electron chi connectivity index (χ3n) is 6.69. The molecule has 1 heterocycles. The molecule has 1 amide bonds. The molecule has 6 aromatic rings. The zero-order valence-electron chi connectivity index (χ0n) is 21.7. The Bertz CT molecular complexity index is 1920. The second-order valence-electron chi connectivity index (χ2n) is 9.37. The maximum absolute atomic E-state index is 13.4. The van der Waals surface area contributed by atoms with Crippen LogP contribution >= 0.6 is 23.2 Å². The average molecular weight is 576 g/mol. The summed E-state index contributed by atoms with van der Waals surface area (Å²) < 4.78 is 6.18. The summed E-state index contributed by atoms with van der Waals surface area (Å²) in [6.45, 7) is 0.293. The number of nitrogens with zero attached hydrogens (tertiary/aromatic N) is 2. The van der Waals surface area contributed by atoms with Gasteiger partial charge in [0.1, 0.15) is 12.4 Å². The molecule has 0 saturated heterocycles. The Morgan fingerprint density at radius 2 is 1.56 bits per heavy atom. The van der Waals surface area contributed by atoms with Crippen LogP contribution in [0.2, 0.25) is 10.0 Å². The van der Waals surface area contributed by atoms with E-state index in [-0.39, 0.29) is 5.91 Å². The first kappa shape index (κ1) is 26.5. The summed E-state index contributed by atoms with van der Waals surface area (Å²) in [5, 5.41) is 7.95. The number of pyridine rings is 1. The van der Waals surface area contributed by atoms with Gasteiger partial charge in [-0.15, -0.1) is 0 Å². The maximum Gasteiger partial charge on any atom is 0.272 e. The Morgan fingerprint density at radius 3 is 2.41 bits per heavy atom. The second kappa shape index (κ2) is 11.8. The van der Waals surface area contributed by atoms with E-state index in [1.54, 1.807) is 18.2 Å². The molecule has 0 atom stereocenters. The van der Waals surface area contributed by atoms with Crippen molar-refractivity contribution in [1.29, 1.82) is 0 Å². The number of halogens is 2. The van der Waals surface area contributed by atoms with Crippen LogP contribution in [0.3, 0.4) is 0 Å². The number of carbonyl (C=O) groups excluding carboxylic acids is 1. The minimum Gasteiger partial charge on any atom is -0.487 e. The van der Waals surface area contributed by atoms with Crippen LogP contribution in [0.25, 0.3) is 32.9 Å². The Hall–Kier alpha value is -4.71. The van der Waals surface area contributed by atoms with Gasteiger partial charge in [-0.25, -0.2) is 10.4 Å². The molecule has 5 aromatic carbocycles. The molecule has 0 radical (unpaired) electrons. The number of hydrogen-bond acceptors (Lipinski definition) is 4. The number of fused-ring (bicyclic) bond motifs is 2. The fraction of sp³-hybridized carbons (Fsp3) is 0.0294. The van der Waals surface area contributed by atoms with Gasteiger partial charge in [0.05, 0.1) is 28.0 Å². The zero-order chi connectivity index (χ0) is 28.2. The van der Waals surface area contributed by atoms with Crippen molar-refractivity contribution < 1.29 is 9.53 Å². The number of hydrazone groups is 1. The van der Waals surface area contributed by atoms with Crippen molar-refractivity contribution >= 4 is 57.0 Å². The van der Waals surface area contributed by atoms with Crippen LogP contribution in [0.1, 0.15) is 21.5 Å². The maximum atomic E-state index is 13.4. The minimum atomic E-state index is -0.372. The Morgan fingerprint density at radius 1 is 0.829 bits per heavy atom. The normalized spacial score (nSPS) is 11.3. The number of hydrogen-bond donors (Lipinski definition) is 1. The van der Waals surface area contributed by atoms with E-state index in [1.165, 1.54) is 6.21 Å². The lowest BCUT2D eigenvalue weighted by Crippen LogP contribution is -2.18. The number of aromatic nitrogens is 1. The highest BCUT2D eigenvalue weighted by Crippen LogP contribution is 2.33. The summed E-state index contributed by atoms with van der Waals surface area (Å²) in [5.41, 5.74) is 6.99. The molecular weight excluding hydrogens is 553 g/mol. The first-order valence-electron chi connectivity index (χ1n) is 12.9. The summed E-state index contributed by atoms with van der Waals surface area (Å²) in [7, 11) is 0. The Labute approximate surface area is 247 Å². The molecule has 0 saturated carbocycles. The van der Waals surface area contributed by atoms with Crippen LogP contribution in [-0.2, 0) is 6.61 Å². The predicted molar refractivity (Wildman–Crippen MR) is 167 cm³/mol. The van der Waals surface area contributed by atoms with Gasteiger partial charge < -0.3 is 4.74 Å². The lowest BCUT2D eigenvalue weighted by molar-refractivity contribution is 0.0956. The van der Waals surface area contributed by atoms with E-state index in [1.807, 2.05) is 78.9 Å². The van der Waals surface area contributed by atoms with Gasteiger partial charge in [0.15, 0.2) is 0 Å². The standard InChI is InChI=1S/C34H23Cl2N3O2/c35-26-17-25(33(30(36)18-26)41-21-24-13-8-12-22-9-4-5-14-27(22)24)20-37-39-34(40)29-19-32(23-10-2-1-3-11-23)38-31-16-7-6-15-28(29)31/h1-20H,21H2,(H,39,40)/b37-20-. The van der Waals surface area contributed by atoms with Crippen LogP contribution in [0.5, 0.6) is 5.75 Å². The molecule has 0 spiro atoms. The lowest BCUT2D eigenvalue weighted by Gasteiger charge is -2.13. The molecule has 0 aliphatic rings. The Kier molecular flexibility index (Phi) is 7.63. The van der Waals surface area contributed by atoms with Gasteiger partial charge in [-0.3, -0.25) is 4.79 Å². The smallest absolute Gasteiger partial charge is 0.272 e. The van der Waals surface area contributed by atoms with Crippen molar-refractivity contribution in [3.8, 4) is 17.0 Å². The van der Waals surface area contributed by atoms with Crippen LogP contribution < -0.4 is 10.2 Å². The molecule has 0 aliphatic heterocycles. The van der Waals surface area contributed by atoms with Crippen molar-refractivity contribution in [1.82, 2.24) is 10.4 Å². The van der Waals surface area contributed by atoms with Crippen LogP contribution in [0, 0.1) is 0 Å². The van der Waals surface area contributed by atoms with Crippen molar-refractivity contribution in [3.05, 3.63) is 142 Å². The van der Waals surface area contributed by atoms with E-state index in [0.29, 0.717) is 44.7 Å².